The molecular weight excluding hydrogens is 246 g/mol. The van der Waals surface area contributed by atoms with Crippen molar-refractivity contribution in [1.82, 2.24) is 5.32 Å². The lowest BCUT2D eigenvalue weighted by Gasteiger charge is -2.26. The molecule has 1 aliphatic rings. The summed E-state index contributed by atoms with van der Waals surface area (Å²) in [4.78, 5) is 0. The summed E-state index contributed by atoms with van der Waals surface area (Å²) in [6, 6.07) is 1.94. The number of hydrogen-bond donors (Lipinski definition) is 2. The summed E-state index contributed by atoms with van der Waals surface area (Å²) < 4.78 is 6.09. The van der Waals surface area contributed by atoms with E-state index in [1.54, 1.807) is 12.3 Å². The summed E-state index contributed by atoms with van der Waals surface area (Å²) in [5.41, 5.74) is 0. The van der Waals surface area contributed by atoms with E-state index in [0.29, 0.717) is 5.76 Å². The normalized spacial score (nSPS) is 24.9. The molecule has 0 saturated carbocycles. The highest BCUT2D eigenvalue weighted by atomic mass is 79.9. The van der Waals surface area contributed by atoms with E-state index in [-0.39, 0.29) is 6.04 Å². The van der Waals surface area contributed by atoms with Crippen LogP contribution in [-0.4, -0.2) is 17.7 Å². The lowest BCUT2D eigenvalue weighted by atomic mass is 9.98. The number of aliphatic hydroxyl groups excluding tert-OH is 1. The quantitative estimate of drug-likeness (QED) is 0.857. The Morgan fingerprint density at radius 3 is 3.00 bits per heavy atom. The molecule has 2 unspecified atom stereocenters. The molecular formula is C10H14BrNO2. The summed E-state index contributed by atoms with van der Waals surface area (Å²) in [5, 5.41) is 13.3. The zero-order valence-electron chi connectivity index (χ0n) is 7.87. The number of nitrogens with one attached hydrogen (secondary N) is 1. The molecule has 0 radical (unpaired) electrons. The maximum absolute atomic E-state index is 10.0. The van der Waals surface area contributed by atoms with Gasteiger partial charge in [-0.3, -0.25) is 0 Å². The van der Waals surface area contributed by atoms with Gasteiger partial charge in [-0.25, -0.2) is 0 Å². The third-order valence-corrected chi connectivity index (χ3v) is 3.30. The van der Waals surface area contributed by atoms with Crippen LogP contribution in [0.5, 0.6) is 0 Å². The van der Waals surface area contributed by atoms with Gasteiger partial charge in [-0.15, -0.1) is 0 Å². The minimum absolute atomic E-state index is 0.131. The van der Waals surface area contributed by atoms with Crippen molar-refractivity contribution >= 4 is 15.9 Å². The minimum Gasteiger partial charge on any atom is -0.465 e. The van der Waals surface area contributed by atoms with E-state index in [0.717, 1.165) is 17.4 Å². The zero-order chi connectivity index (χ0) is 9.97. The van der Waals surface area contributed by atoms with E-state index in [4.69, 9.17) is 4.42 Å². The summed E-state index contributed by atoms with van der Waals surface area (Å²) in [5.74, 6) is 0.629. The number of hydrogen-bond acceptors (Lipinski definition) is 3. The SMILES string of the molecule is OC(c1occc1Br)C1CCCCN1. The molecule has 2 rings (SSSR count). The fourth-order valence-corrected chi connectivity index (χ4v) is 2.28. The van der Waals surface area contributed by atoms with Crippen LogP contribution in [0.1, 0.15) is 31.1 Å². The molecule has 0 aromatic carbocycles. The monoisotopic (exact) mass is 259 g/mol. The van der Waals surface area contributed by atoms with Crippen molar-refractivity contribution in [2.24, 2.45) is 0 Å². The first-order valence-electron chi connectivity index (χ1n) is 4.93. The van der Waals surface area contributed by atoms with Crippen LogP contribution in [0, 0.1) is 0 Å². The van der Waals surface area contributed by atoms with Crippen molar-refractivity contribution in [3.8, 4) is 0 Å². The molecule has 0 aliphatic carbocycles. The second-order valence-electron chi connectivity index (χ2n) is 3.63. The molecule has 1 fully saturated rings. The number of rotatable bonds is 2. The highest BCUT2D eigenvalue weighted by Crippen LogP contribution is 2.29. The molecule has 14 heavy (non-hydrogen) atoms. The standard InChI is InChI=1S/C10H14BrNO2/c11-7-4-6-14-10(7)9(13)8-3-1-2-5-12-8/h4,6,8-9,12-13H,1-3,5H2. The fourth-order valence-electron chi connectivity index (χ4n) is 1.85. The Kier molecular flexibility index (Phi) is 3.26. The molecule has 1 aromatic rings. The minimum atomic E-state index is -0.542. The van der Waals surface area contributed by atoms with Gasteiger partial charge in [-0.05, 0) is 41.4 Å². The summed E-state index contributed by atoms with van der Waals surface area (Å²) in [6.07, 6.45) is 4.43. The molecule has 0 bridgehead atoms. The average molecular weight is 260 g/mol. The molecule has 0 amide bonds. The molecule has 0 spiro atoms. The maximum atomic E-state index is 10.0. The lowest BCUT2D eigenvalue weighted by Crippen LogP contribution is -2.38. The third-order valence-electron chi connectivity index (χ3n) is 2.64. The first-order chi connectivity index (χ1) is 6.79. The summed E-state index contributed by atoms with van der Waals surface area (Å²) in [7, 11) is 0. The Morgan fingerprint density at radius 2 is 2.43 bits per heavy atom. The largest absolute Gasteiger partial charge is 0.465 e. The molecule has 78 valence electrons. The number of halogens is 1. The molecule has 2 N–H and O–H groups in total. The van der Waals surface area contributed by atoms with Gasteiger partial charge in [0.15, 0.2) is 0 Å². The zero-order valence-corrected chi connectivity index (χ0v) is 9.46. The Balaban J connectivity index is 2.07. The van der Waals surface area contributed by atoms with E-state index >= 15 is 0 Å². The van der Waals surface area contributed by atoms with Gasteiger partial charge in [0.05, 0.1) is 10.7 Å². The van der Waals surface area contributed by atoms with Crippen molar-refractivity contribution in [3.05, 3.63) is 22.6 Å². The van der Waals surface area contributed by atoms with Gasteiger partial charge >= 0.3 is 0 Å². The maximum Gasteiger partial charge on any atom is 0.147 e. The Morgan fingerprint density at radius 1 is 1.57 bits per heavy atom. The lowest BCUT2D eigenvalue weighted by molar-refractivity contribution is 0.0916. The van der Waals surface area contributed by atoms with Crippen LogP contribution in [0.3, 0.4) is 0 Å². The van der Waals surface area contributed by atoms with Gasteiger partial charge in [0.2, 0.25) is 0 Å². The molecule has 4 heteroatoms. The highest BCUT2D eigenvalue weighted by molar-refractivity contribution is 9.10. The van der Waals surface area contributed by atoms with Crippen molar-refractivity contribution in [2.45, 2.75) is 31.4 Å². The number of furan rings is 1. The molecule has 2 atom stereocenters. The van der Waals surface area contributed by atoms with Gasteiger partial charge in [0.25, 0.3) is 0 Å². The number of piperidine rings is 1. The van der Waals surface area contributed by atoms with Gasteiger partial charge < -0.3 is 14.8 Å². The van der Waals surface area contributed by atoms with E-state index in [9.17, 15) is 5.11 Å². The Bertz CT molecular complexity index is 294. The third kappa shape index (κ3) is 2.02. The fraction of sp³-hybridized carbons (Fsp3) is 0.600. The second-order valence-corrected chi connectivity index (χ2v) is 4.49. The van der Waals surface area contributed by atoms with Crippen LogP contribution >= 0.6 is 15.9 Å². The van der Waals surface area contributed by atoms with Crippen LogP contribution in [0.15, 0.2) is 21.2 Å². The van der Waals surface area contributed by atoms with E-state index in [2.05, 4.69) is 21.2 Å². The summed E-state index contributed by atoms with van der Waals surface area (Å²) >= 11 is 3.35. The van der Waals surface area contributed by atoms with Gasteiger partial charge in [-0.2, -0.15) is 0 Å². The predicted octanol–water partition coefficient (Wildman–Crippen LogP) is 2.22. The first kappa shape index (κ1) is 10.2. The van der Waals surface area contributed by atoms with Crippen molar-refractivity contribution in [1.29, 1.82) is 0 Å². The second kappa shape index (κ2) is 4.47. The average Bonchev–Trinajstić information content (AvgIpc) is 2.65. The molecule has 1 aliphatic heterocycles. The van der Waals surface area contributed by atoms with Crippen LogP contribution in [0.25, 0.3) is 0 Å². The molecule has 2 heterocycles. The van der Waals surface area contributed by atoms with Crippen molar-refractivity contribution < 1.29 is 9.52 Å². The van der Waals surface area contributed by atoms with Gasteiger partial charge in [0.1, 0.15) is 11.9 Å². The predicted molar refractivity (Wildman–Crippen MR) is 57.0 cm³/mol. The van der Waals surface area contributed by atoms with Crippen molar-refractivity contribution in [3.63, 3.8) is 0 Å². The Labute approximate surface area is 91.6 Å². The Hall–Kier alpha value is -0.320. The smallest absolute Gasteiger partial charge is 0.147 e. The van der Waals surface area contributed by atoms with Crippen LogP contribution in [0.4, 0.5) is 0 Å². The van der Waals surface area contributed by atoms with Crippen LogP contribution < -0.4 is 5.32 Å². The number of aliphatic hydroxyl groups is 1. The summed E-state index contributed by atoms with van der Waals surface area (Å²) in [6.45, 7) is 0.986. The van der Waals surface area contributed by atoms with E-state index in [1.165, 1.54) is 12.8 Å². The van der Waals surface area contributed by atoms with Crippen LogP contribution in [-0.2, 0) is 0 Å². The topological polar surface area (TPSA) is 45.4 Å². The van der Waals surface area contributed by atoms with Crippen molar-refractivity contribution in [2.75, 3.05) is 6.54 Å². The molecule has 3 nitrogen and oxygen atoms in total. The van der Waals surface area contributed by atoms with Gasteiger partial charge in [-0.1, -0.05) is 6.42 Å². The van der Waals surface area contributed by atoms with E-state index in [1.807, 2.05) is 0 Å². The molecule has 1 saturated heterocycles. The molecule has 1 aromatic heterocycles. The van der Waals surface area contributed by atoms with Crippen LogP contribution in [0.2, 0.25) is 0 Å². The van der Waals surface area contributed by atoms with E-state index < -0.39 is 6.10 Å². The first-order valence-corrected chi connectivity index (χ1v) is 5.72. The van der Waals surface area contributed by atoms with Gasteiger partial charge in [0, 0.05) is 6.04 Å². The highest BCUT2D eigenvalue weighted by Gasteiger charge is 2.26.